The van der Waals surface area contributed by atoms with Crippen molar-refractivity contribution in [3.8, 4) is 17.7 Å². The van der Waals surface area contributed by atoms with Crippen LogP contribution in [0, 0.1) is 22.0 Å². The SMILES string of the molecule is CCOC(=O)CC#Cc1nc(OC)ccc1[N+](=O)[O-]. The van der Waals surface area contributed by atoms with E-state index in [-0.39, 0.29) is 30.3 Å². The van der Waals surface area contributed by atoms with Gasteiger partial charge in [0.05, 0.1) is 18.6 Å². The minimum atomic E-state index is -0.596. The van der Waals surface area contributed by atoms with Crippen molar-refractivity contribution in [1.82, 2.24) is 4.98 Å². The summed E-state index contributed by atoms with van der Waals surface area (Å²) in [5.74, 6) is 4.69. The van der Waals surface area contributed by atoms with Gasteiger partial charge in [0.2, 0.25) is 5.88 Å². The van der Waals surface area contributed by atoms with E-state index in [0.717, 1.165) is 0 Å². The van der Waals surface area contributed by atoms with E-state index in [2.05, 4.69) is 21.6 Å². The lowest BCUT2D eigenvalue weighted by atomic mass is 10.3. The van der Waals surface area contributed by atoms with E-state index in [0.29, 0.717) is 0 Å². The van der Waals surface area contributed by atoms with Crippen molar-refractivity contribution < 1.29 is 19.2 Å². The molecular weight excluding hydrogens is 252 g/mol. The topological polar surface area (TPSA) is 91.6 Å². The van der Waals surface area contributed by atoms with Gasteiger partial charge in [-0.1, -0.05) is 5.92 Å². The monoisotopic (exact) mass is 264 g/mol. The maximum absolute atomic E-state index is 11.1. The van der Waals surface area contributed by atoms with Crippen molar-refractivity contribution in [1.29, 1.82) is 0 Å². The molecule has 0 fully saturated rings. The van der Waals surface area contributed by atoms with E-state index >= 15 is 0 Å². The zero-order valence-corrected chi connectivity index (χ0v) is 10.5. The van der Waals surface area contributed by atoms with E-state index in [4.69, 9.17) is 4.74 Å². The van der Waals surface area contributed by atoms with Crippen molar-refractivity contribution in [3.05, 3.63) is 27.9 Å². The Morgan fingerprint density at radius 1 is 1.53 bits per heavy atom. The Hall–Kier alpha value is -2.62. The maximum Gasteiger partial charge on any atom is 0.317 e. The lowest BCUT2D eigenvalue weighted by Crippen LogP contribution is -2.02. The van der Waals surface area contributed by atoms with Crippen LogP contribution in [0.1, 0.15) is 19.0 Å². The van der Waals surface area contributed by atoms with Crippen molar-refractivity contribution in [2.24, 2.45) is 0 Å². The Kier molecular flexibility index (Phi) is 5.29. The number of ether oxygens (including phenoxy) is 2. The molecular formula is C12H12N2O5. The Balaban J connectivity index is 2.95. The van der Waals surface area contributed by atoms with E-state index in [9.17, 15) is 14.9 Å². The van der Waals surface area contributed by atoms with E-state index in [1.165, 1.54) is 19.2 Å². The van der Waals surface area contributed by atoms with Crippen molar-refractivity contribution in [2.75, 3.05) is 13.7 Å². The van der Waals surface area contributed by atoms with Crippen LogP contribution < -0.4 is 4.74 Å². The molecule has 1 heterocycles. The minimum Gasteiger partial charge on any atom is -0.481 e. The standard InChI is InChI=1S/C12H12N2O5/c1-3-19-12(15)6-4-5-9-10(14(16)17)7-8-11(13-9)18-2/h7-8H,3,6H2,1-2H3. The van der Waals surface area contributed by atoms with E-state index < -0.39 is 10.9 Å². The molecule has 0 unspecified atom stereocenters. The molecule has 0 radical (unpaired) electrons. The maximum atomic E-state index is 11.1. The molecule has 19 heavy (non-hydrogen) atoms. The summed E-state index contributed by atoms with van der Waals surface area (Å²) in [6, 6.07) is 2.62. The first kappa shape index (κ1) is 14.4. The first-order valence-electron chi connectivity index (χ1n) is 5.42. The molecule has 0 aliphatic heterocycles. The third kappa shape index (κ3) is 4.27. The second-order valence-corrected chi connectivity index (χ2v) is 3.26. The van der Waals surface area contributed by atoms with Crippen LogP contribution in [-0.2, 0) is 9.53 Å². The van der Waals surface area contributed by atoms with Gasteiger partial charge in [-0.05, 0) is 12.8 Å². The molecule has 7 heteroatoms. The van der Waals surface area contributed by atoms with Crippen LogP contribution in [-0.4, -0.2) is 29.6 Å². The molecule has 1 aromatic heterocycles. The molecule has 1 aromatic rings. The van der Waals surface area contributed by atoms with Crippen LogP contribution in [0.15, 0.2) is 12.1 Å². The number of rotatable bonds is 4. The Labute approximate surface area is 109 Å². The number of esters is 1. The van der Waals surface area contributed by atoms with Gasteiger partial charge in [0.25, 0.3) is 0 Å². The zero-order chi connectivity index (χ0) is 14.3. The smallest absolute Gasteiger partial charge is 0.317 e. The Morgan fingerprint density at radius 3 is 2.84 bits per heavy atom. The highest BCUT2D eigenvalue weighted by molar-refractivity contribution is 5.72. The predicted molar refractivity (Wildman–Crippen MR) is 65.6 cm³/mol. The summed E-state index contributed by atoms with van der Waals surface area (Å²) in [7, 11) is 1.39. The fourth-order valence-electron chi connectivity index (χ4n) is 1.20. The van der Waals surface area contributed by atoms with Gasteiger partial charge < -0.3 is 9.47 Å². The molecule has 0 spiro atoms. The third-order valence-corrected chi connectivity index (χ3v) is 2.00. The molecule has 0 aliphatic carbocycles. The average molecular weight is 264 g/mol. The van der Waals surface area contributed by atoms with Gasteiger partial charge in [-0.15, -0.1) is 0 Å². The minimum absolute atomic E-state index is 0.0475. The van der Waals surface area contributed by atoms with Crippen LogP contribution in [0.3, 0.4) is 0 Å². The number of methoxy groups -OCH3 is 1. The lowest BCUT2D eigenvalue weighted by Gasteiger charge is -1.99. The number of nitro groups is 1. The normalized spacial score (nSPS) is 9.16. The number of pyridine rings is 1. The molecule has 0 saturated carbocycles. The Morgan fingerprint density at radius 2 is 2.26 bits per heavy atom. The quantitative estimate of drug-likeness (QED) is 0.352. The number of carbonyl (C=O) groups excluding carboxylic acids is 1. The van der Waals surface area contributed by atoms with Gasteiger partial charge in [0.15, 0.2) is 5.69 Å². The summed E-state index contributed by atoms with van der Waals surface area (Å²) in [4.78, 5) is 25.1. The molecule has 0 saturated heterocycles. The van der Waals surface area contributed by atoms with Crippen LogP contribution in [0.5, 0.6) is 5.88 Å². The number of aromatic nitrogens is 1. The Bertz CT molecular complexity index is 545. The summed E-state index contributed by atoms with van der Waals surface area (Å²) >= 11 is 0. The summed E-state index contributed by atoms with van der Waals surface area (Å²) in [5, 5.41) is 10.8. The van der Waals surface area contributed by atoms with Crippen LogP contribution >= 0.6 is 0 Å². The van der Waals surface area contributed by atoms with Crippen molar-refractivity contribution in [2.45, 2.75) is 13.3 Å². The van der Waals surface area contributed by atoms with E-state index in [1.807, 2.05) is 0 Å². The van der Waals surface area contributed by atoms with Crippen molar-refractivity contribution in [3.63, 3.8) is 0 Å². The van der Waals surface area contributed by atoms with Gasteiger partial charge >= 0.3 is 11.7 Å². The van der Waals surface area contributed by atoms with Crippen molar-refractivity contribution >= 4 is 11.7 Å². The second kappa shape index (κ2) is 6.96. The highest BCUT2D eigenvalue weighted by atomic mass is 16.6. The molecule has 0 aromatic carbocycles. The molecule has 0 aliphatic rings. The summed E-state index contributed by atoms with van der Waals surface area (Å²) in [6.45, 7) is 1.94. The molecule has 0 N–H and O–H groups in total. The van der Waals surface area contributed by atoms with Crippen LogP contribution in [0.2, 0.25) is 0 Å². The second-order valence-electron chi connectivity index (χ2n) is 3.26. The fourth-order valence-corrected chi connectivity index (χ4v) is 1.20. The first-order chi connectivity index (χ1) is 9.08. The third-order valence-electron chi connectivity index (χ3n) is 2.00. The number of hydrogen-bond acceptors (Lipinski definition) is 6. The van der Waals surface area contributed by atoms with E-state index in [1.54, 1.807) is 6.92 Å². The number of carbonyl (C=O) groups is 1. The largest absolute Gasteiger partial charge is 0.481 e. The lowest BCUT2D eigenvalue weighted by molar-refractivity contribution is -0.385. The first-order valence-corrected chi connectivity index (χ1v) is 5.42. The number of hydrogen-bond donors (Lipinski definition) is 0. The molecule has 7 nitrogen and oxygen atoms in total. The van der Waals surface area contributed by atoms with Gasteiger partial charge in [-0.3, -0.25) is 14.9 Å². The summed E-state index contributed by atoms with van der Waals surface area (Å²) in [6.07, 6.45) is -0.149. The van der Waals surface area contributed by atoms with Crippen LogP contribution in [0.25, 0.3) is 0 Å². The van der Waals surface area contributed by atoms with Gasteiger partial charge in [-0.2, -0.15) is 4.98 Å². The van der Waals surface area contributed by atoms with Gasteiger partial charge in [0.1, 0.15) is 6.42 Å². The molecule has 100 valence electrons. The van der Waals surface area contributed by atoms with Gasteiger partial charge in [0, 0.05) is 12.1 Å². The van der Waals surface area contributed by atoms with Crippen LogP contribution in [0.4, 0.5) is 5.69 Å². The average Bonchev–Trinajstić information content (AvgIpc) is 2.38. The highest BCUT2D eigenvalue weighted by Gasteiger charge is 2.14. The highest BCUT2D eigenvalue weighted by Crippen LogP contribution is 2.18. The molecule has 0 amide bonds. The molecule has 1 rings (SSSR count). The molecule has 0 atom stereocenters. The fraction of sp³-hybridized carbons (Fsp3) is 0.333. The number of nitrogens with zero attached hydrogens (tertiary/aromatic N) is 2. The zero-order valence-electron chi connectivity index (χ0n) is 10.5. The predicted octanol–water partition coefficient (Wildman–Crippen LogP) is 1.30. The summed E-state index contributed by atoms with van der Waals surface area (Å²) in [5.41, 5.74) is -0.286. The molecule has 0 bridgehead atoms. The van der Waals surface area contributed by atoms with Gasteiger partial charge in [-0.25, -0.2) is 0 Å². The summed E-state index contributed by atoms with van der Waals surface area (Å²) < 4.78 is 9.54.